The summed E-state index contributed by atoms with van der Waals surface area (Å²) in [7, 11) is -4.36. The molecule has 0 saturated carbocycles. The van der Waals surface area contributed by atoms with Crippen molar-refractivity contribution in [2.24, 2.45) is 0 Å². The van der Waals surface area contributed by atoms with Crippen molar-refractivity contribution < 1.29 is 13.0 Å². The number of hydrogen-bond acceptors (Lipinski definition) is 3. The van der Waals surface area contributed by atoms with Crippen LogP contribution in [0.2, 0.25) is 0 Å². The summed E-state index contributed by atoms with van der Waals surface area (Å²) in [6, 6.07) is 2.91. The van der Waals surface area contributed by atoms with Crippen LogP contribution in [0.15, 0.2) is 17.0 Å². The van der Waals surface area contributed by atoms with Gasteiger partial charge in [-0.3, -0.25) is 4.55 Å². The van der Waals surface area contributed by atoms with Crippen LogP contribution >= 0.6 is 22.6 Å². The number of benzene rings is 1. The predicted octanol–water partition coefficient (Wildman–Crippen LogP) is 2.33. The van der Waals surface area contributed by atoms with Gasteiger partial charge in [0, 0.05) is 9.64 Å². The van der Waals surface area contributed by atoms with Gasteiger partial charge >= 0.3 is 15.8 Å². The maximum Gasteiger partial charge on any atom is 0.406 e. The Kier molecular flexibility index (Phi) is 3.08. The first-order valence-corrected chi connectivity index (χ1v) is 6.01. The predicted molar refractivity (Wildman–Crippen MR) is 58.5 cm³/mol. The van der Waals surface area contributed by atoms with E-state index in [0.717, 1.165) is 0 Å². The van der Waals surface area contributed by atoms with Gasteiger partial charge in [0.05, 0.1) is 0 Å². The van der Waals surface area contributed by atoms with Gasteiger partial charge in [-0.25, -0.2) is 0 Å². The summed E-state index contributed by atoms with van der Waals surface area (Å²) in [6.45, 7) is 1.53. The Morgan fingerprint density at radius 1 is 1.50 bits per heavy atom. The van der Waals surface area contributed by atoms with Crippen molar-refractivity contribution in [3.05, 3.63) is 26.2 Å². The second-order valence-electron chi connectivity index (χ2n) is 2.60. The number of rotatable bonds is 1. The maximum atomic E-state index is 11.0. The smallest absolute Gasteiger partial charge is 0.282 e. The number of halogens is 1. The minimum Gasteiger partial charge on any atom is -0.282 e. The zero-order valence-corrected chi connectivity index (χ0v) is 10.1. The van der Waals surface area contributed by atoms with Crippen LogP contribution in [0.4, 0.5) is 5.69 Å². The van der Waals surface area contributed by atoms with Crippen LogP contribution in [0.25, 0.3) is 4.98 Å². The maximum absolute atomic E-state index is 11.0. The average molecular weight is 325 g/mol. The molecule has 0 aliphatic rings. The highest BCUT2D eigenvalue weighted by Gasteiger charge is 2.27. The summed E-state index contributed by atoms with van der Waals surface area (Å²) in [5.74, 6) is 0. The Bertz CT molecular complexity index is 518. The van der Waals surface area contributed by atoms with Crippen molar-refractivity contribution in [2.75, 3.05) is 0 Å². The first-order valence-electron chi connectivity index (χ1n) is 3.49. The molecule has 7 heteroatoms. The molecule has 1 aromatic carbocycles. The molecule has 0 heterocycles. The van der Waals surface area contributed by atoms with Crippen molar-refractivity contribution in [1.82, 2.24) is 0 Å². The summed E-state index contributed by atoms with van der Waals surface area (Å²) >= 11 is 1.92. The Morgan fingerprint density at radius 2 is 2.07 bits per heavy atom. The molecule has 0 aliphatic carbocycles. The van der Waals surface area contributed by atoms with E-state index in [0.29, 0.717) is 9.13 Å². The van der Waals surface area contributed by atoms with Gasteiger partial charge in [-0.05, 0) is 41.1 Å². The van der Waals surface area contributed by atoms with Crippen molar-refractivity contribution in [3.8, 4) is 0 Å². The first kappa shape index (κ1) is 11.4. The standard InChI is InChI=1S/C7H5IN2O3S/c1-4-5(8)2-3-6(10-9)7(4)14(11,12)13/h2-3H,1H3/p+1. The van der Waals surface area contributed by atoms with Crippen LogP contribution in [0.3, 0.4) is 0 Å². The van der Waals surface area contributed by atoms with Gasteiger partial charge in [-0.2, -0.15) is 8.42 Å². The van der Waals surface area contributed by atoms with Gasteiger partial charge in [-0.1, -0.05) is 0 Å². The van der Waals surface area contributed by atoms with E-state index in [4.69, 9.17) is 9.95 Å². The Hall–Kier alpha value is -0.720. The molecule has 0 unspecified atom stereocenters. The minimum atomic E-state index is -4.36. The highest BCUT2D eigenvalue weighted by molar-refractivity contribution is 14.1. The van der Waals surface area contributed by atoms with Gasteiger partial charge in [-0.15, -0.1) is 0 Å². The molecule has 0 aromatic heterocycles. The highest BCUT2D eigenvalue weighted by atomic mass is 127. The van der Waals surface area contributed by atoms with Gasteiger partial charge in [0.1, 0.15) is 0 Å². The molecule has 0 amide bonds. The van der Waals surface area contributed by atoms with Crippen molar-refractivity contribution in [1.29, 1.82) is 5.39 Å². The Morgan fingerprint density at radius 3 is 2.50 bits per heavy atom. The molecule has 1 rings (SSSR count). The van der Waals surface area contributed by atoms with Crippen LogP contribution in [0.1, 0.15) is 5.56 Å². The second-order valence-corrected chi connectivity index (χ2v) is 5.12. The topological polar surface area (TPSA) is 82.5 Å². The van der Waals surface area contributed by atoms with E-state index in [1.54, 1.807) is 6.07 Å². The van der Waals surface area contributed by atoms with Gasteiger partial charge in [0.2, 0.25) is 5.39 Å². The molecule has 0 spiro atoms. The van der Waals surface area contributed by atoms with Gasteiger partial charge < -0.3 is 0 Å². The normalized spacial score (nSPS) is 11.0. The van der Waals surface area contributed by atoms with Crippen LogP contribution in [0, 0.1) is 15.9 Å². The van der Waals surface area contributed by atoms with Crippen molar-refractivity contribution >= 4 is 38.4 Å². The lowest BCUT2D eigenvalue weighted by Gasteiger charge is -2.00. The van der Waals surface area contributed by atoms with Gasteiger partial charge in [0.15, 0.2) is 9.87 Å². The summed E-state index contributed by atoms with van der Waals surface area (Å²) in [6.07, 6.45) is 0. The quantitative estimate of drug-likeness (QED) is 0.488. The third-order valence-corrected chi connectivity index (χ3v) is 3.88. The summed E-state index contributed by atoms with van der Waals surface area (Å²) in [4.78, 5) is 2.44. The highest BCUT2D eigenvalue weighted by Crippen LogP contribution is 2.30. The lowest BCUT2D eigenvalue weighted by atomic mass is 10.2. The molecule has 0 saturated heterocycles. The Balaban J connectivity index is 3.72. The molecule has 0 aliphatic heterocycles. The number of diazo groups is 1. The van der Waals surface area contributed by atoms with Crippen molar-refractivity contribution in [2.45, 2.75) is 11.8 Å². The molecule has 1 N–H and O–H groups in total. The lowest BCUT2D eigenvalue weighted by molar-refractivity contribution is 0.483. The third kappa shape index (κ3) is 2.02. The molecule has 14 heavy (non-hydrogen) atoms. The monoisotopic (exact) mass is 325 g/mol. The summed E-state index contributed by atoms with van der Waals surface area (Å²) < 4.78 is 31.5. The zero-order chi connectivity index (χ0) is 10.9. The lowest BCUT2D eigenvalue weighted by Crippen LogP contribution is -2.02. The minimum absolute atomic E-state index is 0.162. The van der Waals surface area contributed by atoms with E-state index in [1.165, 1.54) is 13.0 Å². The van der Waals surface area contributed by atoms with E-state index in [1.807, 2.05) is 22.6 Å². The molecule has 74 valence electrons. The second kappa shape index (κ2) is 3.80. The molecule has 0 fully saturated rings. The summed E-state index contributed by atoms with van der Waals surface area (Å²) in [5.41, 5.74) is 0.203. The van der Waals surface area contributed by atoms with E-state index in [2.05, 4.69) is 4.98 Å². The van der Waals surface area contributed by atoms with E-state index >= 15 is 0 Å². The molecule has 5 nitrogen and oxygen atoms in total. The first-order chi connectivity index (χ1) is 6.38. The average Bonchev–Trinajstić information content (AvgIpc) is 2.07. The molecule has 1 aromatic rings. The molecular formula is C7H6IN2O3S+. The van der Waals surface area contributed by atoms with Crippen LogP contribution in [-0.4, -0.2) is 13.0 Å². The fourth-order valence-electron chi connectivity index (χ4n) is 1.06. The van der Waals surface area contributed by atoms with E-state index in [9.17, 15) is 8.42 Å². The van der Waals surface area contributed by atoms with E-state index < -0.39 is 10.1 Å². The largest absolute Gasteiger partial charge is 0.406 e. The van der Waals surface area contributed by atoms with Crippen molar-refractivity contribution in [3.63, 3.8) is 0 Å². The molecule has 0 bridgehead atoms. The fourth-order valence-corrected chi connectivity index (χ4v) is 2.56. The van der Waals surface area contributed by atoms with Crippen LogP contribution in [0.5, 0.6) is 0 Å². The fraction of sp³-hybridized carbons (Fsp3) is 0.143. The van der Waals surface area contributed by atoms with Gasteiger partial charge in [0.25, 0.3) is 0 Å². The third-order valence-electron chi connectivity index (χ3n) is 1.68. The Labute approximate surface area is 94.6 Å². The zero-order valence-electron chi connectivity index (χ0n) is 7.10. The summed E-state index contributed by atoms with van der Waals surface area (Å²) in [5, 5.41) is 8.54. The van der Waals surface area contributed by atoms with Crippen LogP contribution < -0.4 is 0 Å². The molecule has 0 radical (unpaired) electrons. The number of hydrogen-bond donors (Lipinski definition) is 1. The molecular weight excluding hydrogens is 319 g/mol. The van der Waals surface area contributed by atoms with E-state index in [-0.39, 0.29) is 10.6 Å². The molecule has 0 atom stereocenters. The van der Waals surface area contributed by atoms with Crippen LogP contribution in [-0.2, 0) is 10.1 Å². The SMILES string of the molecule is Cc1c(I)ccc([N+]#N)c1S(=O)(=O)O. The number of nitrogens with zero attached hydrogens (tertiary/aromatic N) is 2.